The van der Waals surface area contributed by atoms with E-state index in [0.717, 1.165) is 5.82 Å². The maximum Gasteiger partial charge on any atom is 0.421 e. The molecule has 0 spiro atoms. The number of aromatic nitrogens is 3. The van der Waals surface area contributed by atoms with Crippen LogP contribution < -0.4 is 5.76 Å². The molecule has 0 bridgehead atoms. The van der Waals surface area contributed by atoms with Gasteiger partial charge in [0.05, 0.1) is 6.20 Å². The number of oxazole rings is 1. The van der Waals surface area contributed by atoms with E-state index in [0.29, 0.717) is 11.2 Å². The lowest BCUT2D eigenvalue weighted by molar-refractivity contribution is 0.477. The molecular weight excluding hydrogens is 230 g/mol. The Bertz CT molecular complexity index is 567. The summed E-state index contributed by atoms with van der Waals surface area (Å²) in [5.41, 5.74) is 1.03. The Kier molecular flexibility index (Phi) is 4.64. The molecule has 2 aromatic heterocycles. The van der Waals surface area contributed by atoms with Crippen molar-refractivity contribution in [1.82, 2.24) is 14.5 Å². The highest BCUT2D eigenvalue weighted by Crippen LogP contribution is 2.16. The molecule has 0 aliphatic heterocycles. The van der Waals surface area contributed by atoms with Gasteiger partial charge in [0.1, 0.15) is 5.82 Å². The van der Waals surface area contributed by atoms with Crippen LogP contribution in [0.15, 0.2) is 15.4 Å². The molecule has 0 aliphatic rings. The fourth-order valence-electron chi connectivity index (χ4n) is 1.58. The van der Waals surface area contributed by atoms with E-state index < -0.39 is 0 Å². The van der Waals surface area contributed by atoms with E-state index in [-0.39, 0.29) is 17.7 Å². The van der Waals surface area contributed by atoms with E-state index in [9.17, 15) is 4.79 Å². The first kappa shape index (κ1) is 14.4. The highest BCUT2D eigenvalue weighted by Gasteiger charge is 2.15. The molecule has 0 unspecified atom stereocenters. The van der Waals surface area contributed by atoms with Gasteiger partial charge in [-0.05, 0) is 13.8 Å². The molecule has 5 nitrogen and oxygen atoms in total. The smallest absolute Gasteiger partial charge is 0.404 e. The van der Waals surface area contributed by atoms with Crippen molar-refractivity contribution in [2.75, 3.05) is 0 Å². The maximum absolute atomic E-state index is 11.6. The molecule has 5 heteroatoms. The van der Waals surface area contributed by atoms with Crippen molar-refractivity contribution in [3.63, 3.8) is 0 Å². The zero-order valence-corrected chi connectivity index (χ0v) is 11.9. The van der Waals surface area contributed by atoms with Crippen molar-refractivity contribution < 1.29 is 4.42 Å². The molecule has 2 heterocycles. The first-order valence-corrected chi connectivity index (χ1v) is 6.38. The Labute approximate surface area is 107 Å². The van der Waals surface area contributed by atoms with Crippen LogP contribution in [-0.2, 0) is 0 Å². The van der Waals surface area contributed by atoms with E-state index >= 15 is 0 Å². The van der Waals surface area contributed by atoms with Crippen LogP contribution in [-0.4, -0.2) is 14.5 Å². The second kappa shape index (κ2) is 5.80. The van der Waals surface area contributed by atoms with Crippen LogP contribution >= 0.6 is 0 Å². The first-order valence-electron chi connectivity index (χ1n) is 6.38. The van der Waals surface area contributed by atoms with Crippen LogP contribution in [0.3, 0.4) is 0 Å². The number of fused-ring (bicyclic) bond motifs is 1. The van der Waals surface area contributed by atoms with Gasteiger partial charge >= 0.3 is 5.76 Å². The molecule has 0 aliphatic carbocycles. The van der Waals surface area contributed by atoms with Gasteiger partial charge in [0.2, 0.25) is 0 Å². The van der Waals surface area contributed by atoms with Crippen LogP contribution in [0.1, 0.15) is 59.3 Å². The Morgan fingerprint density at radius 3 is 2.33 bits per heavy atom. The minimum absolute atomic E-state index is 0.0312. The Hall–Kier alpha value is -1.65. The lowest BCUT2D eigenvalue weighted by atomic mass is 10.2. The molecule has 0 radical (unpaired) electrons. The fraction of sp³-hybridized carbons (Fsp3) is 0.615. The molecule has 2 rings (SSSR count). The van der Waals surface area contributed by atoms with Crippen molar-refractivity contribution in [2.24, 2.45) is 0 Å². The number of nitrogens with zero attached hydrogens (tertiary/aromatic N) is 3. The topological polar surface area (TPSA) is 60.9 Å². The van der Waals surface area contributed by atoms with E-state index in [4.69, 9.17) is 4.42 Å². The lowest BCUT2D eigenvalue weighted by Crippen LogP contribution is -2.17. The molecule has 0 amide bonds. The third-order valence-electron chi connectivity index (χ3n) is 2.41. The summed E-state index contributed by atoms with van der Waals surface area (Å²) >= 11 is 0. The average Bonchev–Trinajstić information content (AvgIpc) is 2.66. The van der Waals surface area contributed by atoms with E-state index in [1.165, 1.54) is 0 Å². The summed E-state index contributed by atoms with van der Waals surface area (Å²) in [6, 6.07) is 0.0312. The van der Waals surface area contributed by atoms with Gasteiger partial charge in [-0.2, -0.15) is 0 Å². The van der Waals surface area contributed by atoms with Crippen LogP contribution in [0, 0.1) is 0 Å². The largest absolute Gasteiger partial charge is 0.421 e. The van der Waals surface area contributed by atoms with Crippen LogP contribution in [0.5, 0.6) is 0 Å². The van der Waals surface area contributed by atoms with Crippen molar-refractivity contribution in [3.05, 3.63) is 22.6 Å². The Morgan fingerprint density at radius 2 is 1.83 bits per heavy atom. The molecular formula is C13H21N3O2. The summed E-state index contributed by atoms with van der Waals surface area (Å²) in [5, 5.41) is 0. The van der Waals surface area contributed by atoms with Gasteiger partial charge in [0.25, 0.3) is 0 Å². The summed E-state index contributed by atoms with van der Waals surface area (Å²) in [7, 11) is 0. The minimum Gasteiger partial charge on any atom is -0.404 e. The highest BCUT2D eigenvalue weighted by molar-refractivity contribution is 5.66. The molecule has 0 aromatic carbocycles. The molecule has 0 fully saturated rings. The Morgan fingerprint density at radius 1 is 1.22 bits per heavy atom. The SMILES string of the molecule is CC.CC(C)c1ncc2oc(=O)n(C(C)C)c2n1. The molecule has 0 atom stereocenters. The summed E-state index contributed by atoms with van der Waals surface area (Å²) in [6.45, 7) is 11.9. The maximum atomic E-state index is 11.6. The van der Waals surface area contributed by atoms with Gasteiger partial charge < -0.3 is 4.42 Å². The normalized spacial score (nSPS) is 10.9. The third-order valence-corrected chi connectivity index (χ3v) is 2.41. The molecule has 2 aromatic rings. The van der Waals surface area contributed by atoms with Crippen molar-refractivity contribution in [2.45, 2.75) is 53.5 Å². The van der Waals surface area contributed by atoms with Crippen molar-refractivity contribution >= 4 is 11.2 Å². The van der Waals surface area contributed by atoms with Gasteiger partial charge in [-0.3, -0.25) is 4.57 Å². The summed E-state index contributed by atoms with van der Waals surface area (Å²) in [5.74, 6) is 0.581. The quantitative estimate of drug-likeness (QED) is 0.822. The monoisotopic (exact) mass is 251 g/mol. The summed E-state index contributed by atoms with van der Waals surface area (Å²) < 4.78 is 6.62. The second-order valence-electron chi connectivity index (χ2n) is 4.40. The molecule has 0 N–H and O–H groups in total. The number of hydrogen-bond acceptors (Lipinski definition) is 4. The van der Waals surface area contributed by atoms with Crippen molar-refractivity contribution in [3.8, 4) is 0 Å². The Balaban J connectivity index is 0.000000771. The number of rotatable bonds is 2. The van der Waals surface area contributed by atoms with E-state index in [1.807, 2.05) is 41.5 Å². The first-order chi connectivity index (χ1) is 8.50. The third kappa shape index (κ3) is 2.60. The van der Waals surface area contributed by atoms with Gasteiger partial charge in [-0.15, -0.1) is 0 Å². The summed E-state index contributed by atoms with van der Waals surface area (Å²) in [6.07, 6.45) is 1.57. The highest BCUT2D eigenvalue weighted by atomic mass is 16.4. The second-order valence-corrected chi connectivity index (χ2v) is 4.40. The predicted octanol–water partition coefficient (Wildman–Crippen LogP) is 3.12. The molecule has 0 saturated heterocycles. The number of hydrogen-bond donors (Lipinski definition) is 0. The van der Waals surface area contributed by atoms with E-state index in [2.05, 4.69) is 9.97 Å². The van der Waals surface area contributed by atoms with Gasteiger partial charge in [0.15, 0.2) is 11.2 Å². The standard InChI is InChI=1S/C11H15N3O2.C2H6/c1-6(2)9-12-5-8-10(13-9)14(7(3)4)11(15)16-8;1-2/h5-7H,1-4H3;1-2H3. The van der Waals surface area contributed by atoms with Crippen LogP contribution in [0.25, 0.3) is 11.2 Å². The zero-order chi connectivity index (χ0) is 13.9. The van der Waals surface area contributed by atoms with Gasteiger partial charge in [0, 0.05) is 12.0 Å². The van der Waals surface area contributed by atoms with Crippen LogP contribution in [0.4, 0.5) is 0 Å². The average molecular weight is 251 g/mol. The van der Waals surface area contributed by atoms with Crippen molar-refractivity contribution in [1.29, 1.82) is 0 Å². The lowest BCUT2D eigenvalue weighted by Gasteiger charge is -2.06. The zero-order valence-electron chi connectivity index (χ0n) is 11.9. The van der Waals surface area contributed by atoms with Gasteiger partial charge in [-0.1, -0.05) is 27.7 Å². The van der Waals surface area contributed by atoms with Crippen LogP contribution in [0.2, 0.25) is 0 Å². The molecule has 18 heavy (non-hydrogen) atoms. The fourth-order valence-corrected chi connectivity index (χ4v) is 1.58. The van der Waals surface area contributed by atoms with E-state index in [1.54, 1.807) is 10.8 Å². The molecule has 100 valence electrons. The minimum atomic E-state index is -0.375. The molecule has 0 saturated carbocycles. The summed E-state index contributed by atoms with van der Waals surface area (Å²) in [4.78, 5) is 20.1. The van der Waals surface area contributed by atoms with Gasteiger partial charge in [-0.25, -0.2) is 14.8 Å². The predicted molar refractivity (Wildman–Crippen MR) is 71.9 cm³/mol.